The lowest BCUT2D eigenvalue weighted by Crippen LogP contribution is -2.41. The van der Waals surface area contributed by atoms with Gasteiger partial charge in [-0.25, -0.2) is 4.39 Å². The van der Waals surface area contributed by atoms with E-state index in [9.17, 15) is 13.4 Å². The first kappa shape index (κ1) is 13.0. The molecule has 0 amide bonds. The van der Waals surface area contributed by atoms with Crippen molar-refractivity contribution in [2.24, 2.45) is 5.92 Å². The highest BCUT2D eigenvalue weighted by Gasteiger charge is 2.40. The third-order valence-electron chi connectivity index (χ3n) is 4.28. The van der Waals surface area contributed by atoms with Gasteiger partial charge in [-0.2, -0.15) is 0 Å². The Morgan fingerprint density at radius 2 is 1.89 bits per heavy atom. The van der Waals surface area contributed by atoms with Gasteiger partial charge in [0.25, 0.3) is 0 Å². The first-order chi connectivity index (χ1) is 9.15. The van der Waals surface area contributed by atoms with Crippen LogP contribution in [0.2, 0.25) is 0 Å². The number of hydrogen-bond donors (Lipinski definition) is 0. The van der Waals surface area contributed by atoms with Gasteiger partial charge < -0.3 is 0 Å². The Bertz CT molecular complexity index is 513. The summed E-state index contributed by atoms with van der Waals surface area (Å²) in [6, 6.07) is 5.91. The van der Waals surface area contributed by atoms with Crippen molar-refractivity contribution in [1.29, 1.82) is 0 Å². The molecular weight excluding hydrogens is 263 g/mol. The molecule has 102 valence electrons. The second-order valence-corrected chi connectivity index (χ2v) is 7.54. The number of carbonyl (C=O) groups excluding carboxylic acids is 1. The summed E-state index contributed by atoms with van der Waals surface area (Å²) in [5.41, 5.74) is 0.454. The van der Waals surface area contributed by atoms with Crippen LogP contribution >= 0.6 is 0 Å². The van der Waals surface area contributed by atoms with E-state index >= 15 is 0 Å². The Morgan fingerprint density at radius 1 is 1.21 bits per heavy atom. The first-order valence-corrected chi connectivity index (χ1v) is 8.12. The lowest BCUT2D eigenvalue weighted by Gasteiger charge is -2.37. The fraction of sp³-hybridized carbons (Fsp3) is 0.533. The van der Waals surface area contributed by atoms with Gasteiger partial charge in [-0.1, -0.05) is 18.6 Å². The van der Waals surface area contributed by atoms with Gasteiger partial charge in [0.1, 0.15) is 5.82 Å². The van der Waals surface area contributed by atoms with E-state index in [1.807, 2.05) is 0 Å². The minimum absolute atomic E-state index is 0.0214. The number of Topliss-reactive ketones (excluding diaryl/α,β-unsaturated/α-hetero) is 1. The van der Waals surface area contributed by atoms with Gasteiger partial charge in [0.15, 0.2) is 5.78 Å². The number of ketones is 1. The van der Waals surface area contributed by atoms with Crippen molar-refractivity contribution in [2.75, 3.05) is 0 Å². The van der Waals surface area contributed by atoms with Gasteiger partial charge in [-0.3, -0.25) is 9.00 Å². The van der Waals surface area contributed by atoms with Crippen molar-refractivity contribution in [3.63, 3.8) is 0 Å². The molecule has 0 aliphatic carbocycles. The Morgan fingerprint density at radius 3 is 2.53 bits per heavy atom. The Labute approximate surface area is 114 Å². The molecule has 0 N–H and O–H groups in total. The summed E-state index contributed by atoms with van der Waals surface area (Å²) in [7, 11) is -0.760. The molecule has 0 saturated carbocycles. The maximum atomic E-state index is 13.2. The summed E-state index contributed by atoms with van der Waals surface area (Å²) in [5, 5.41) is 0.352. The van der Waals surface area contributed by atoms with Crippen LogP contribution in [0.3, 0.4) is 0 Å². The van der Waals surface area contributed by atoms with Crippen LogP contribution in [0.15, 0.2) is 24.3 Å². The molecule has 1 aromatic rings. The second-order valence-electron chi connectivity index (χ2n) is 5.55. The highest BCUT2D eigenvalue weighted by atomic mass is 32.2. The van der Waals surface area contributed by atoms with Gasteiger partial charge in [0.2, 0.25) is 0 Å². The van der Waals surface area contributed by atoms with Crippen LogP contribution in [-0.2, 0) is 10.8 Å². The SMILES string of the molecule is O=C(c1cccc(F)c1)C1CC2CCCC(C1)S2=O. The number of fused-ring (bicyclic) bond motifs is 2. The van der Waals surface area contributed by atoms with Crippen LogP contribution in [0.4, 0.5) is 4.39 Å². The number of carbonyl (C=O) groups is 1. The predicted octanol–water partition coefficient (Wildman–Crippen LogP) is 3.09. The Balaban J connectivity index is 1.80. The van der Waals surface area contributed by atoms with Gasteiger partial charge in [0, 0.05) is 32.8 Å². The lowest BCUT2D eigenvalue weighted by molar-refractivity contribution is 0.0895. The average Bonchev–Trinajstić information content (AvgIpc) is 2.37. The molecule has 2 fully saturated rings. The molecule has 2 saturated heterocycles. The Kier molecular flexibility index (Phi) is 3.52. The number of hydrogen-bond acceptors (Lipinski definition) is 2. The highest BCUT2D eigenvalue weighted by Crippen LogP contribution is 2.38. The lowest BCUT2D eigenvalue weighted by atomic mass is 9.84. The van der Waals surface area contributed by atoms with Crippen LogP contribution in [0.1, 0.15) is 42.5 Å². The van der Waals surface area contributed by atoms with Gasteiger partial charge in [-0.05, 0) is 37.8 Å². The zero-order valence-corrected chi connectivity index (χ0v) is 11.5. The first-order valence-electron chi connectivity index (χ1n) is 6.84. The van der Waals surface area contributed by atoms with Crippen LogP contribution in [-0.4, -0.2) is 20.5 Å². The van der Waals surface area contributed by atoms with Crippen LogP contribution < -0.4 is 0 Å². The summed E-state index contributed by atoms with van der Waals surface area (Å²) in [4.78, 5) is 12.4. The van der Waals surface area contributed by atoms with Gasteiger partial charge in [-0.15, -0.1) is 0 Å². The summed E-state index contributed by atoms with van der Waals surface area (Å²) < 4.78 is 25.3. The van der Waals surface area contributed by atoms with E-state index in [2.05, 4.69) is 0 Å². The molecular formula is C15H17FO2S. The third-order valence-corrected chi connectivity index (χ3v) is 6.45. The molecule has 2 bridgehead atoms. The molecule has 2 aliphatic heterocycles. The number of halogens is 1. The second kappa shape index (κ2) is 5.16. The maximum Gasteiger partial charge on any atom is 0.166 e. The van der Waals surface area contributed by atoms with Crippen molar-refractivity contribution in [3.05, 3.63) is 35.6 Å². The highest BCUT2D eigenvalue weighted by molar-refractivity contribution is 7.86. The van der Waals surface area contributed by atoms with Crippen molar-refractivity contribution in [2.45, 2.75) is 42.6 Å². The fourth-order valence-corrected chi connectivity index (χ4v) is 5.51. The molecule has 0 aromatic heterocycles. The topological polar surface area (TPSA) is 34.1 Å². The average molecular weight is 280 g/mol. The molecule has 4 heteroatoms. The van der Waals surface area contributed by atoms with Crippen molar-refractivity contribution >= 4 is 16.6 Å². The van der Waals surface area contributed by atoms with Crippen LogP contribution in [0, 0.1) is 11.7 Å². The molecule has 2 atom stereocenters. The molecule has 2 aliphatic rings. The predicted molar refractivity (Wildman–Crippen MR) is 73.0 cm³/mol. The largest absolute Gasteiger partial charge is 0.294 e. The zero-order chi connectivity index (χ0) is 13.4. The summed E-state index contributed by atoms with van der Waals surface area (Å²) in [6.45, 7) is 0. The van der Waals surface area contributed by atoms with Crippen LogP contribution in [0.25, 0.3) is 0 Å². The monoisotopic (exact) mass is 280 g/mol. The van der Waals surface area contributed by atoms with Gasteiger partial charge >= 0.3 is 0 Å². The molecule has 1 aromatic carbocycles. The number of benzene rings is 1. The summed E-state index contributed by atoms with van der Waals surface area (Å²) in [6.07, 6.45) is 4.48. The smallest absolute Gasteiger partial charge is 0.166 e. The minimum atomic E-state index is -0.760. The normalized spacial score (nSPS) is 33.9. The molecule has 2 heterocycles. The van der Waals surface area contributed by atoms with E-state index in [0.29, 0.717) is 18.4 Å². The summed E-state index contributed by atoms with van der Waals surface area (Å²) >= 11 is 0. The van der Waals surface area contributed by atoms with E-state index < -0.39 is 10.8 Å². The molecule has 0 spiro atoms. The molecule has 19 heavy (non-hydrogen) atoms. The van der Waals surface area contributed by atoms with E-state index in [-0.39, 0.29) is 28.0 Å². The van der Waals surface area contributed by atoms with Crippen molar-refractivity contribution < 1.29 is 13.4 Å². The van der Waals surface area contributed by atoms with E-state index in [1.54, 1.807) is 12.1 Å². The third kappa shape index (κ3) is 2.50. The molecule has 2 unspecified atom stereocenters. The van der Waals surface area contributed by atoms with E-state index in [4.69, 9.17) is 0 Å². The maximum absolute atomic E-state index is 13.2. The Hall–Kier alpha value is -1.03. The minimum Gasteiger partial charge on any atom is -0.294 e. The molecule has 3 rings (SSSR count). The van der Waals surface area contributed by atoms with Gasteiger partial charge in [0.05, 0.1) is 0 Å². The summed E-state index contributed by atoms with van der Waals surface area (Å²) in [5.74, 6) is -0.423. The fourth-order valence-electron chi connectivity index (χ4n) is 3.33. The van der Waals surface area contributed by atoms with Crippen molar-refractivity contribution in [1.82, 2.24) is 0 Å². The number of rotatable bonds is 2. The molecule has 2 nitrogen and oxygen atoms in total. The van der Waals surface area contributed by atoms with Crippen molar-refractivity contribution in [3.8, 4) is 0 Å². The molecule has 0 radical (unpaired) electrons. The standard InChI is InChI=1S/C15H17FO2S/c16-12-4-1-3-10(7-12)15(17)11-8-13-5-2-6-14(9-11)19(13)18/h1,3-4,7,11,13-14H,2,5-6,8-9H2. The van der Waals surface area contributed by atoms with E-state index in [1.165, 1.54) is 12.1 Å². The quantitative estimate of drug-likeness (QED) is 0.780. The zero-order valence-electron chi connectivity index (χ0n) is 10.7. The van der Waals surface area contributed by atoms with Crippen LogP contribution in [0.5, 0.6) is 0 Å². The van der Waals surface area contributed by atoms with E-state index in [0.717, 1.165) is 19.3 Å².